The van der Waals surface area contributed by atoms with Crippen LogP contribution in [-0.2, 0) is 35.0 Å². The van der Waals surface area contributed by atoms with E-state index in [4.69, 9.17) is 8.92 Å². The molecule has 0 bridgehead atoms. The molecule has 0 saturated carbocycles. The first-order valence-electron chi connectivity index (χ1n) is 9.90. The highest BCUT2D eigenvalue weighted by atomic mass is 32.2. The van der Waals surface area contributed by atoms with Gasteiger partial charge < -0.3 is 9.47 Å². The number of aryl methyl sites for hydroxylation is 1. The fraction of sp³-hybridized carbons (Fsp3) is 0.391. The van der Waals surface area contributed by atoms with Gasteiger partial charge in [0.15, 0.2) is 6.10 Å². The molecule has 0 amide bonds. The first-order valence-corrected chi connectivity index (χ1v) is 11.3. The summed E-state index contributed by atoms with van der Waals surface area (Å²) < 4.78 is 40.9. The molecule has 0 heterocycles. The van der Waals surface area contributed by atoms with Crippen molar-refractivity contribution in [3.8, 4) is 0 Å². The second-order valence-electron chi connectivity index (χ2n) is 7.97. The highest BCUT2D eigenvalue weighted by molar-refractivity contribution is 7.86. The van der Waals surface area contributed by atoms with E-state index in [2.05, 4.69) is 4.74 Å². The highest BCUT2D eigenvalue weighted by Crippen LogP contribution is 2.21. The molecule has 0 fully saturated rings. The summed E-state index contributed by atoms with van der Waals surface area (Å²) in [7, 11) is -3.13. The second kappa shape index (κ2) is 10.5. The highest BCUT2D eigenvalue weighted by Gasteiger charge is 2.31. The molecule has 0 aliphatic carbocycles. The van der Waals surface area contributed by atoms with E-state index < -0.39 is 33.8 Å². The molecule has 0 spiro atoms. The summed E-state index contributed by atoms with van der Waals surface area (Å²) in [4.78, 5) is 24.1. The van der Waals surface area contributed by atoms with Crippen LogP contribution in [0.2, 0.25) is 0 Å². The number of carbonyl (C=O) groups excluding carboxylic acids is 2. The Balaban J connectivity index is 2.20. The Kier molecular flexibility index (Phi) is 8.36. The van der Waals surface area contributed by atoms with E-state index in [0.29, 0.717) is 12.8 Å². The molecular weight excluding hydrogens is 420 g/mol. The molecule has 2 rings (SSSR count). The smallest absolute Gasteiger partial charge is 0.337 e. The van der Waals surface area contributed by atoms with E-state index >= 15 is 0 Å². The van der Waals surface area contributed by atoms with E-state index in [1.54, 1.807) is 20.8 Å². The number of benzene rings is 2. The predicted molar refractivity (Wildman–Crippen MR) is 115 cm³/mol. The van der Waals surface area contributed by atoms with Crippen molar-refractivity contribution >= 4 is 22.1 Å². The third kappa shape index (κ3) is 7.80. The zero-order chi connectivity index (χ0) is 23.1. The van der Waals surface area contributed by atoms with Gasteiger partial charge in [-0.1, -0.05) is 36.4 Å². The minimum Gasteiger partial charge on any atom is -0.465 e. The lowest BCUT2D eigenvalue weighted by Gasteiger charge is -2.24. The normalized spacial score (nSPS) is 12.8. The van der Waals surface area contributed by atoms with Gasteiger partial charge in [0.05, 0.1) is 17.6 Å². The lowest BCUT2D eigenvalue weighted by Crippen LogP contribution is -2.35. The molecule has 2 aromatic rings. The Morgan fingerprint density at radius 1 is 1.00 bits per heavy atom. The van der Waals surface area contributed by atoms with Crippen LogP contribution in [0.3, 0.4) is 0 Å². The van der Waals surface area contributed by atoms with E-state index in [0.717, 1.165) is 11.6 Å². The van der Waals surface area contributed by atoms with Crippen molar-refractivity contribution in [3.63, 3.8) is 0 Å². The molecular formula is C23H28O7S. The van der Waals surface area contributed by atoms with Gasteiger partial charge in [-0.15, -0.1) is 0 Å². The van der Waals surface area contributed by atoms with Gasteiger partial charge in [-0.3, -0.25) is 4.18 Å². The third-order valence-electron chi connectivity index (χ3n) is 4.23. The number of ether oxygens (including phenoxy) is 2. The van der Waals surface area contributed by atoms with E-state index in [1.165, 1.54) is 25.3 Å². The zero-order valence-corrected chi connectivity index (χ0v) is 19.0. The average molecular weight is 449 g/mol. The number of rotatable bonds is 9. The standard InChI is InChI=1S/C23H28O7S/c1-23(2,3)29-22(25)20(15-8-12-17-10-6-5-7-11-17)30-31(26,27)19-14-9-13-18(16-19)21(24)28-4/h5-7,9-11,13-14,16,20H,8,12,15H2,1-4H3/t20-/m1/s1. The third-order valence-corrected chi connectivity index (χ3v) is 5.55. The van der Waals surface area contributed by atoms with Crippen molar-refractivity contribution in [2.24, 2.45) is 0 Å². The number of methoxy groups -OCH3 is 1. The Morgan fingerprint density at radius 2 is 1.68 bits per heavy atom. The van der Waals surface area contributed by atoms with E-state index in [-0.39, 0.29) is 16.9 Å². The van der Waals surface area contributed by atoms with Gasteiger partial charge in [0.2, 0.25) is 0 Å². The summed E-state index contributed by atoms with van der Waals surface area (Å²) in [5, 5.41) is 0. The summed E-state index contributed by atoms with van der Waals surface area (Å²) in [6, 6.07) is 14.9. The molecule has 0 radical (unpaired) electrons. The van der Waals surface area contributed by atoms with Gasteiger partial charge in [-0.05, 0) is 63.8 Å². The van der Waals surface area contributed by atoms with Crippen LogP contribution in [0, 0.1) is 0 Å². The molecule has 8 heteroatoms. The molecule has 168 valence electrons. The predicted octanol–water partition coefficient (Wildman–Crippen LogP) is 3.91. The molecule has 0 aromatic heterocycles. The number of carbonyl (C=O) groups is 2. The zero-order valence-electron chi connectivity index (χ0n) is 18.2. The van der Waals surface area contributed by atoms with Crippen LogP contribution in [0.4, 0.5) is 0 Å². The van der Waals surface area contributed by atoms with Crippen molar-refractivity contribution in [3.05, 3.63) is 65.7 Å². The monoisotopic (exact) mass is 448 g/mol. The van der Waals surface area contributed by atoms with Crippen molar-refractivity contribution in [1.82, 2.24) is 0 Å². The molecule has 0 N–H and O–H groups in total. The van der Waals surface area contributed by atoms with Gasteiger partial charge >= 0.3 is 11.9 Å². The summed E-state index contributed by atoms with van der Waals surface area (Å²) in [5.74, 6) is -1.43. The summed E-state index contributed by atoms with van der Waals surface area (Å²) in [5.41, 5.74) is 0.330. The topological polar surface area (TPSA) is 96.0 Å². The van der Waals surface area contributed by atoms with Gasteiger partial charge in [0.1, 0.15) is 5.60 Å². The number of hydrogen-bond acceptors (Lipinski definition) is 7. The van der Waals surface area contributed by atoms with Gasteiger partial charge in [0, 0.05) is 0 Å². The minimum absolute atomic E-state index is 0.0603. The Hall–Kier alpha value is -2.71. The van der Waals surface area contributed by atoms with Crippen LogP contribution >= 0.6 is 0 Å². The summed E-state index contributed by atoms with van der Waals surface area (Å²) in [6.45, 7) is 5.08. The summed E-state index contributed by atoms with van der Waals surface area (Å²) >= 11 is 0. The molecule has 2 aromatic carbocycles. The van der Waals surface area contributed by atoms with Crippen LogP contribution in [0.15, 0.2) is 59.5 Å². The van der Waals surface area contributed by atoms with Gasteiger partial charge in [0.25, 0.3) is 10.1 Å². The van der Waals surface area contributed by atoms with Crippen LogP contribution in [0.25, 0.3) is 0 Å². The van der Waals surface area contributed by atoms with Crippen molar-refractivity contribution < 1.29 is 31.7 Å². The first kappa shape index (κ1) is 24.6. The average Bonchev–Trinajstić information content (AvgIpc) is 2.72. The molecule has 0 aliphatic rings. The van der Waals surface area contributed by atoms with Crippen molar-refractivity contribution in [2.45, 2.75) is 56.6 Å². The Morgan fingerprint density at radius 3 is 2.29 bits per heavy atom. The maximum absolute atomic E-state index is 12.8. The van der Waals surface area contributed by atoms with Gasteiger partial charge in [-0.2, -0.15) is 8.42 Å². The van der Waals surface area contributed by atoms with Crippen LogP contribution in [0.5, 0.6) is 0 Å². The van der Waals surface area contributed by atoms with E-state index in [1.807, 2.05) is 30.3 Å². The Bertz CT molecular complexity index is 992. The van der Waals surface area contributed by atoms with Gasteiger partial charge in [-0.25, -0.2) is 9.59 Å². The molecule has 7 nitrogen and oxygen atoms in total. The molecule has 0 unspecified atom stereocenters. The lowest BCUT2D eigenvalue weighted by atomic mass is 10.1. The van der Waals surface area contributed by atoms with Crippen molar-refractivity contribution in [2.75, 3.05) is 7.11 Å². The first-order chi connectivity index (χ1) is 14.5. The largest absolute Gasteiger partial charge is 0.465 e. The molecule has 0 saturated heterocycles. The fourth-order valence-electron chi connectivity index (χ4n) is 2.81. The van der Waals surface area contributed by atoms with Crippen molar-refractivity contribution in [1.29, 1.82) is 0 Å². The molecule has 1 atom stereocenters. The molecule has 0 aliphatic heterocycles. The lowest BCUT2D eigenvalue weighted by molar-refractivity contribution is -0.163. The number of esters is 2. The maximum atomic E-state index is 12.8. The fourth-order valence-corrected chi connectivity index (χ4v) is 3.92. The molecule has 31 heavy (non-hydrogen) atoms. The quantitative estimate of drug-likeness (QED) is 0.424. The minimum atomic E-state index is -4.33. The second-order valence-corrected chi connectivity index (χ2v) is 9.54. The van der Waals surface area contributed by atoms with Crippen LogP contribution in [-0.4, -0.2) is 39.2 Å². The van der Waals surface area contributed by atoms with Crippen LogP contribution in [0.1, 0.15) is 49.5 Å². The number of hydrogen-bond donors (Lipinski definition) is 0. The summed E-state index contributed by atoms with van der Waals surface area (Å²) in [6.07, 6.45) is 0.0157. The Labute approximate surface area is 183 Å². The maximum Gasteiger partial charge on any atom is 0.337 e. The van der Waals surface area contributed by atoms with E-state index in [9.17, 15) is 18.0 Å². The van der Waals surface area contributed by atoms with Crippen LogP contribution < -0.4 is 0 Å². The SMILES string of the molecule is COC(=O)c1cccc(S(=O)(=O)O[C@H](CCCc2ccccc2)C(=O)OC(C)(C)C)c1.